The molecule has 0 aliphatic heterocycles. The third-order valence-electron chi connectivity index (χ3n) is 10.5. The smallest absolute Gasteiger partial charge is 0.0366 e. The number of anilines is 1. The number of nitrogens with zero attached hydrogens (tertiary/aromatic N) is 1. The molecule has 4 fully saturated rings. The zero-order valence-electron chi connectivity index (χ0n) is 18.7. The van der Waals surface area contributed by atoms with Gasteiger partial charge in [-0.1, -0.05) is 45.4 Å². The molecule has 0 N–H and O–H groups in total. The molecule has 0 amide bonds. The van der Waals surface area contributed by atoms with E-state index in [1.54, 1.807) is 0 Å². The third kappa shape index (κ3) is 2.71. The molecule has 1 aromatic rings. The van der Waals surface area contributed by atoms with Gasteiger partial charge in [0, 0.05) is 18.8 Å². The summed E-state index contributed by atoms with van der Waals surface area (Å²) in [7, 11) is 2.36. The second-order valence-corrected chi connectivity index (χ2v) is 11.6. The van der Waals surface area contributed by atoms with Gasteiger partial charge in [0.1, 0.15) is 0 Å². The second-order valence-electron chi connectivity index (χ2n) is 11.6. The van der Waals surface area contributed by atoms with E-state index in [2.05, 4.69) is 63.1 Å². The molecule has 1 aromatic carbocycles. The summed E-state index contributed by atoms with van der Waals surface area (Å²) < 4.78 is 0. The van der Waals surface area contributed by atoms with E-state index in [0.717, 1.165) is 35.6 Å². The van der Waals surface area contributed by atoms with Crippen molar-refractivity contribution in [3.8, 4) is 0 Å². The molecule has 0 aromatic heterocycles. The van der Waals surface area contributed by atoms with E-state index >= 15 is 0 Å². The number of hydrogen-bond acceptors (Lipinski definition) is 1. The van der Waals surface area contributed by atoms with E-state index < -0.39 is 0 Å². The first-order valence-corrected chi connectivity index (χ1v) is 12.2. The molecule has 0 spiro atoms. The lowest BCUT2D eigenvalue weighted by Crippen LogP contribution is -2.55. The highest BCUT2D eigenvalue weighted by Gasteiger charge is 2.60. The minimum absolute atomic E-state index is 0.511. The van der Waals surface area contributed by atoms with Crippen LogP contribution >= 0.6 is 0 Å². The lowest BCUT2D eigenvalue weighted by atomic mass is 9.44. The summed E-state index contributed by atoms with van der Waals surface area (Å²) in [6.07, 6.45) is 13.4. The quantitative estimate of drug-likeness (QED) is 0.526. The summed E-state index contributed by atoms with van der Waals surface area (Å²) in [6, 6.07) is 11.9. The molecular weight excluding hydrogens is 338 g/mol. The molecule has 1 nitrogen and oxygen atoms in total. The minimum atomic E-state index is 0.511. The summed E-state index contributed by atoms with van der Waals surface area (Å²) in [5.41, 5.74) is 2.57. The van der Waals surface area contributed by atoms with Crippen molar-refractivity contribution in [1.29, 1.82) is 0 Å². The van der Waals surface area contributed by atoms with Gasteiger partial charge < -0.3 is 4.90 Å². The summed E-state index contributed by atoms with van der Waals surface area (Å²) in [5, 5.41) is 0. The van der Waals surface area contributed by atoms with Crippen LogP contribution in [0.25, 0.3) is 0 Å². The zero-order chi connectivity index (χ0) is 19.5. The fraction of sp³-hybridized carbons (Fsp3) is 0.778. The van der Waals surface area contributed by atoms with Crippen molar-refractivity contribution in [3.05, 3.63) is 30.3 Å². The van der Waals surface area contributed by atoms with Gasteiger partial charge in [-0.15, -0.1) is 0 Å². The van der Waals surface area contributed by atoms with Crippen molar-refractivity contribution in [2.45, 2.75) is 84.6 Å². The molecule has 7 unspecified atom stereocenters. The van der Waals surface area contributed by atoms with Crippen molar-refractivity contribution >= 4 is 5.69 Å². The van der Waals surface area contributed by atoms with Crippen molar-refractivity contribution < 1.29 is 0 Å². The highest BCUT2D eigenvalue weighted by molar-refractivity contribution is 5.47. The van der Waals surface area contributed by atoms with Gasteiger partial charge >= 0.3 is 0 Å². The summed E-state index contributed by atoms with van der Waals surface area (Å²) in [6.45, 7) is 7.89. The van der Waals surface area contributed by atoms with Gasteiger partial charge in [-0.05, 0) is 104 Å². The van der Waals surface area contributed by atoms with Crippen LogP contribution in [0, 0.1) is 40.4 Å². The Morgan fingerprint density at radius 2 is 1.54 bits per heavy atom. The first-order chi connectivity index (χ1) is 13.4. The van der Waals surface area contributed by atoms with E-state index in [9.17, 15) is 0 Å². The molecule has 5 rings (SSSR count). The maximum Gasteiger partial charge on any atom is 0.0366 e. The van der Waals surface area contributed by atoms with E-state index in [1.165, 1.54) is 63.5 Å². The molecule has 8 atom stereocenters. The van der Waals surface area contributed by atoms with Crippen molar-refractivity contribution in [2.75, 3.05) is 11.9 Å². The number of fused-ring (bicyclic) bond motifs is 5. The highest BCUT2D eigenvalue weighted by Crippen LogP contribution is 2.67. The Morgan fingerprint density at radius 3 is 2.32 bits per heavy atom. The molecule has 0 saturated heterocycles. The first kappa shape index (κ1) is 19.0. The van der Waals surface area contributed by atoms with Crippen LogP contribution in [0.2, 0.25) is 0 Å². The second kappa shape index (κ2) is 6.78. The van der Waals surface area contributed by atoms with Crippen LogP contribution in [-0.4, -0.2) is 13.1 Å². The molecule has 154 valence electrons. The third-order valence-corrected chi connectivity index (χ3v) is 10.5. The predicted octanol–water partition coefficient (Wildman–Crippen LogP) is 7.17. The standard InChI is InChI=1S/C27H41N/c1-19-14-16-26(2)20(18-19)10-11-22-23-12-13-25(27(23,3)17-15-24(22)26)28(4)21-8-6-5-7-9-21/h5-9,19-20,22-25H,10-18H2,1-4H3/t19?,20?,22?,23?,24?,25-,26?,27?/m0/s1. The van der Waals surface area contributed by atoms with Gasteiger partial charge in [0.05, 0.1) is 0 Å². The minimum Gasteiger partial charge on any atom is -0.371 e. The average molecular weight is 380 g/mol. The van der Waals surface area contributed by atoms with Gasteiger partial charge in [-0.3, -0.25) is 0 Å². The Morgan fingerprint density at radius 1 is 0.821 bits per heavy atom. The Labute approximate surface area is 173 Å². The van der Waals surface area contributed by atoms with E-state index in [0.29, 0.717) is 10.8 Å². The molecule has 1 heteroatoms. The summed E-state index contributed by atoms with van der Waals surface area (Å²) >= 11 is 0. The summed E-state index contributed by atoms with van der Waals surface area (Å²) in [5.74, 6) is 4.96. The SMILES string of the molecule is CC1CCC2(C)C(CCC3C2CCC2(C)C3CC[C@@H]2N(C)c2ccccc2)C1. The molecule has 4 saturated carbocycles. The average Bonchev–Trinajstić information content (AvgIpc) is 3.06. The van der Waals surface area contributed by atoms with Crippen molar-refractivity contribution in [2.24, 2.45) is 40.4 Å². The molecule has 4 aliphatic carbocycles. The first-order valence-electron chi connectivity index (χ1n) is 12.2. The maximum absolute atomic E-state index is 2.71. The maximum atomic E-state index is 2.71. The Bertz CT molecular complexity index is 697. The number of rotatable bonds is 2. The van der Waals surface area contributed by atoms with Crippen LogP contribution in [0.4, 0.5) is 5.69 Å². The molecule has 0 radical (unpaired) electrons. The van der Waals surface area contributed by atoms with Gasteiger partial charge in [0.15, 0.2) is 0 Å². The fourth-order valence-electron chi connectivity index (χ4n) is 8.92. The largest absolute Gasteiger partial charge is 0.371 e. The van der Waals surface area contributed by atoms with Gasteiger partial charge in [-0.25, -0.2) is 0 Å². The normalized spacial score (nSPS) is 47.7. The van der Waals surface area contributed by atoms with E-state index in [1.807, 2.05) is 0 Å². The lowest BCUT2D eigenvalue weighted by Gasteiger charge is -2.61. The fourth-order valence-corrected chi connectivity index (χ4v) is 8.92. The molecular formula is C27H41N. The van der Waals surface area contributed by atoms with Gasteiger partial charge in [-0.2, -0.15) is 0 Å². The topological polar surface area (TPSA) is 3.24 Å². The van der Waals surface area contributed by atoms with Crippen LogP contribution in [-0.2, 0) is 0 Å². The van der Waals surface area contributed by atoms with Gasteiger partial charge in [0.2, 0.25) is 0 Å². The van der Waals surface area contributed by atoms with Crippen molar-refractivity contribution in [3.63, 3.8) is 0 Å². The Balaban J connectivity index is 1.40. The number of para-hydroxylation sites is 1. The number of benzene rings is 1. The highest BCUT2D eigenvalue weighted by atomic mass is 15.2. The monoisotopic (exact) mass is 379 g/mol. The molecule has 28 heavy (non-hydrogen) atoms. The molecule has 0 heterocycles. The zero-order valence-corrected chi connectivity index (χ0v) is 18.7. The number of hydrogen-bond donors (Lipinski definition) is 0. The Hall–Kier alpha value is -0.980. The Kier molecular flexibility index (Phi) is 4.60. The van der Waals surface area contributed by atoms with Crippen LogP contribution in [0.3, 0.4) is 0 Å². The van der Waals surface area contributed by atoms with E-state index in [-0.39, 0.29) is 0 Å². The van der Waals surface area contributed by atoms with Crippen LogP contribution in [0.1, 0.15) is 78.6 Å². The van der Waals surface area contributed by atoms with Crippen LogP contribution < -0.4 is 4.90 Å². The van der Waals surface area contributed by atoms with Gasteiger partial charge in [0.25, 0.3) is 0 Å². The predicted molar refractivity (Wildman–Crippen MR) is 120 cm³/mol. The van der Waals surface area contributed by atoms with Crippen LogP contribution in [0.15, 0.2) is 30.3 Å². The molecule has 0 bridgehead atoms. The van der Waals surface area contributed by atoms with Crippen molar-refractivity contribution in [1.82, 2.24) is 0 Å². The lowest BCUT2D eigenvalue weighted by molar-refractivity contribution is -0.112. The summed E-state index contributed by atoms with van der Waals surface area (Å²) in [4.78, 5) is 2.63. The van der Waals surface area contributed by atoms with E-state index in [4.69, 9.17) is 0 Å². The van der Waals surface area contributed by atoms with Crippen LogP contribution in [0.5, 0.6) is 0 Å². The molecule has 4 aliphatic rings.